The summed E-state index contributed by atoms with van der Waals surface area (Å²) in [6, 6.07) is 16.4. The van der Waals surface area contributed by atoms with E-state index in [0.29, 0.717) is 22.2 Å². The van der Waals surface area contributed by atoms with Gasteiger partial charge in [0.1, 0.15) is 6.61 Å². The Labute approximate surface area is 153 Å². The van der Waals surface area contributed by atoms with Gasteiger partial charge < -0.3 is 9.47 Å². The molecule has 1 aliphatic heterocycles. The van der Waals surface area contributed by atoms with Gasteiger partial charge in [-0.3, -0.25) is 10.1 Å². The number of rotatable bonds is 3. The van der Waals surface area contributed by atoms with Crippen molar-refractivity contribution in [1.82, 2.24) is 4.98 Å². The molecule has 3 aromatic rings. The SMILES string of the molecule is N#Cc1ccc(-c2csc(NC(=O)[C@H]3COc4ccccc4O3)n2)cc1. The number of carbonyl (C=O) groups is 1. The molecule has 2 aromatic carbocycles. The number of aromatic nitrogens is 1. The van der Waals surface area contributed by atoms with Crippen LogP contribution in [0.1, 0.15) is 5.56 Å². The fraction of sp³-hybridized carbons (Fsp3) is 0.105. The van der Waals surface area contributed by atoms with E-state index in [1.54, 1.807) is 24.3 Å². The smallest absolute Gasteiger partial charge is 0.270 e. The van der Waals surface area contributed by atoms with E-state index in [0.717, 1.165) is 11.3 Å². The number of nitriles is 1. The standard InChI is InChI=1S/C19H13N3O3S/c20-9-12-5-7-13(8-6-12)14-11-26-19(21-14)22-18(23)17-10-24-15-3-1-2-4-16(15)25-17/h1-8,11,17H,10H2,(H,21,22,23)/t17-/m1/s1. The van der Waals surface area contributed by atoms with Crippen LogP contribution < -0.4 is 14.8 Å². The van der Waals surface area contributed by atoms with Crippen LogP contribution >= 0.6 is 11.3 Å². The number of benzene rings is 2. The molecule has 0 saturated carbocycles. The van der Waals surface area contributed by atoms with Crippen LogP contribution in [0.25, 0.3) is 11.3 Å². The Hall–Kier alpha value is -3.37. The van der Waals surface area contributed by atoms with Crippen LogP contribution in [0.4, 0.5) is 5.13 Å². The number of fused-ring (bicyclic) bond motifs is 1. The van der Waals surface area contributed by atoms with Crippen molar-refractivity contribution in [2.75, 3.05) is 11.9 Å². The normalized spacial score (nSPS) is 15.1. The highest BCUT2D eigenvalue weighted by Crippen LogP contribution is 2.31. The molecule has 7 heteroatoms. The lowest BCUT2D eigenvalue weighted by Gasteiger charge is -2.25. The summed E-state index contributed by atoms with van der Waals surface area (Å²) in [6.07, 6.45) is -0.729. The molecule has 2 heterocycles. The third kappa shape index (κ3) is 3.23. The van der Waals surface area contributed by atoms with Crippen molar-refractivity contribution >= 4 is 22.4 Å². The topological polar surface area (TPSA) is 84.2 Å². The molecule has 0 aliphatic carbocycles. The largest absolute Gasteiger partial charge is 0.485 e. The fourth-order valence-electron chi connectivity index (χ4n) is 2.51. The number of carbonyl (C=O) groups excluding carboxylic acids is 1. The molecule has 4 rings (SSSR count). The molecule has 1 N–H and O–H groups in total. The maximum Gasteiger partial charge on any atom is 0.270 e. The predicted octanol–water partition coefficient (Wildman–Crippen LogP) is 3.46. The molecule has 1 aliphatic rings. The molecule has 0 unspecified atom stereocenters. The number of hydrogen-bond acceptors (Lipinski definition) is 6. The second kappa shape index (κ2) is 6.86. The van der Waals surface area contributed by atoms with E-state index >= 15 is 0 Å². The molecule has 0 spiro atoms. The number of thiazole rings is 1. The average molecular weight is 363 g/mol. The number of amides is 1. The van der Waals surface area contributed by atoms with Crippen LogP contribution in [0.2, 0.25) is 0 Å². The Kier molecular flexibility index (Phi) is 4.25. The van der Waals surface area contributed by atoms with E-state index < -0.39 is 6.10 Å². The quantitative estimate of drug-likeness (QED) is 0.770. The zero-order chi connectivity index (χ0) is 17.9. The van der Waals surface area contributed by atoms with Gasteiger partial charge in [-0.25, -0.2) is 4.98 Å². The molecule has 0 bridgehead atoms. The summed E-state index contributed by atoms with van der Waals surface area (Å²) >= 11 is 1.33. The van der Waals surface area contributed by atoms with E-state index in [1.807, 2.05) is 29.6 Å². The Balaban J connectivity index is 1.44. The van der Waals surface area contributed by atoms with Crippen molar-refractivity contribution < 1.29 is 14.3 Å². The average Bonchev–Trinajstić information content (AvgIpc) is 3.16. The van der Waals surface area contributed by atoms with Gasteiger partial charge >= 0.3 is 0 Å². The van der Waals surface area contributed by atoms with E-state index in [-0.39, 0.29) is 12.5 Å². The molecule has 6 nitrogen and oxygen atoms in total. The minimum atomic E-state index is -0.729. The van der Waals surface area contributed by atoms with E-state index in [1.165, 1.54) is 11.3 Å². The van der Waals surface area contributed by atoms with Crippen molar-refractivity contribution in [3.05, 3.63) is 59.5 Å². The maximum atomic E-state index is 12.4. The van der Waals surface area contributed by atoms with E-state index in [2.05, 4.69) is 16.4 Å². The Bertz CT molecular complexity index is 992. The molecular formula is C19H13N3O3S. The van der Waals surface area contributed by atoms with Crippen molar-refractivity contribution in [2.24, 2.45) is 0 Å². The number of nitrogens with one attached hydrogen (secondary N) is 1. The van der Waals surface area contributed by atoms with Crippen LogP contribution in [0, 0.1) is 11.3 Å². The lowest BCUT2D eigenvalue weighted by atomic mass is 10.1. The van der Waals surface area contributed by atoms with Gasteiger partial charge in [-0.15, -0.1) is 11.3 Å². The lowest BCUT2D eigenvalue weighted by molar-refractivity contribution is -0.125. The van der Waals surface area contributed by atoms with Gasteiger partial charge in [0.15, 0.2) is 16.6 Å². The minimum Gasteiger partial charge on any atom is -0.485 e. The molecule has 0 fully saturated rings. The van der Waals surface area contributed by atoms with Gasteiger partial charge in [-0.2, -0.15) is 5.26 Å². The molecule has 1 amide bonds. The summed E-state index contributed by atoms with van der Waals surface area (Å²) in [5.41, 5.74) is 2.21. The van der Waals surface area contributed by atoms with Crippen LogP contribution in [-0.4, -0.2) is 23.6 Å². The Morgan fingerprint density at radius 1 is 1.19 bits per heavy atom. The van der Waals surface area contributed by atoms with Gasteiger partial charge in [-0.1, -0.05) is 24.3 Å². The van der Waals surface area contributed by atoms with Gasteiger partial charge in [0.25, 0.3) is 5.91 Å². The first-order valence-electron chi connectivity index (χ1n) is 7.88. The van der Waals surface area contributed by atoms with Gasteiger partial charge in [0, 0.05) is 10.9 Å². The Morgan fingerprint density at radius 2 is 1.96 bits per heavy atom. The summed E-state index contributed by atoms with van der Waals surface area (Å²) in [7, 11) is 0. The number of anilines is 1. The third-order valence-electron chi connectivity index (χ3n) is 3.85. The first kappa shape index (κ1) is 16.1. The summed E-state index contributed by atoms with van der Waals surface area (Å²) in [4.78, 5) is 16.8. The van der Waals surface area contributed by atoms with Crippen LogP contribution in [0.3, 0.4) is 0 Å². The summed E-state index contributed by atoms with van der Waals surface area (Å²) in [5.74, 6) is 0.880. The highest BCUT2D eigenvalue weighted by Gasteiger charge is 2.27. The highest BCUT2D eigenvalue weighted by atomic mass is 32.1. The fourth-order valence-corrected chi connectivity index (χ4v) is 3.24. The third-order valence-corrected chi connectivity index (χ3v) is 4.60. The second-order valence-corrected chi connectivity index (χ2v) is 6.44. The summed E-state index contributed by atoms with van der Waals surface area (Å²) in [6.45, 7) is 0.150. The van der Waals surface area contributed by atoms with Gasteiger partial charge in [-0.05, 0) is 24.3 Å². The second-order valence-electron chi connectivity index (χ2n) is 5.58. The highest BCUT2D eigenvalue weighted by molar-refractivity contribution is 7.14. The minimum absolute atomic E-state index is 0.150. The van der Waals surface area contributed by atoms with Gasteiger partial charge in [0.2, 0.25) is 6.10 Å². The molecular weight excluding hydrogens is 350 g/mol. The monoisotopic (exact) mass is 363 g/mol. The molecule has 26 heavy (non-hydrogen) atoms. The molecule has 0 saturated heterocycles. The molecule has 128 valence electrons. The lowest BCUT2D eigenvalue weighted by Crippen LogP contribution is -2.40. The zero-order valence-corrected chi connectivity index (χ0v) is 14.3. The maximum absolute atomic E-state index is 12.4. The van der Waals surface area contributed by atoms with Crippen LogP contribution in [-0.2, 0) is 4.79 Å². The number of hydrogen-bond donors (Lipinski definition) is 1. The van der Waals surface area contributed by atoms with Crippen molar-refractivity contribution in [1.29, 1.82) is 5.26 Å². The number of nitrogens with zero attached hydrogens (tertiary/aromatic N) is 2. The van der Waals surface area contributed by atoms with E-state index in [9.17, 15) is 4.79 Å². The van der Waals surface area contributed by atoms with Crippen LogP contribution in [0.15, 0.2) is 53.9 Å². The van der Waals surface area contributed by atoms with Crippen LogP contribution in [0.5, 0.6) is 11.5 Å². The first-order chi connectivity index (χ1) is 12.7. The van der Waals surface area contributed by atoms with Crippen molar-refractivity contribution in [3.8, 4) is 28.8 Å². The molecule has 1 atom stereocenters. The predicted molar refractivity (Wildman–Crippen MR) is 97.2 cm³/mol. The molecule has 0 radical (unpaired) electrons. The van der Waals surface area contributed by atoms with Gasteiger partial charge in [0.05, 0.1) is 17.3 Å². The summed E-state index contributed by atoms with van der Waals surface area (Å²) in [5, 5.41) is 14.0. The molecule has 1 aromatic heterocycles. The van der Waals surface area contributed by atoms with Crippen molar-refractivity contribution in [3.63, 3.8) is 0 Å². The summed E-state index contributed by atoms with van der Waals surface area (Å²) < 4.78 is 11.3. The number of ether oxygens (including phenoxy) is 2. The van der Waals surface area contributed by atoms with E-state index in [4.69, 9.17) is 14.7 Å². The number of para-hydroxylation sites is 2. The first-order valence-corrected chi connectivity index (χ1v) is 8.76. The Morgan fingerprint density at radius 3 is 2.73 bits per heavy atom. The van der Waals surface area contributed by atoms with Crippen molar-refractivity contribution in [2.45, 2.75) is 6.10 Å². The zero-order valence-electron chi connectivity index (χ0n) is 13.5.